The smallest absolute Gasteiger partial charge is 0.261 e. The van der Waals surface area contributed by atoms with Gasteiger partial charge in [-0.2, -0.15) is 0 Å². The number of rotatable bonds is 4. The van der Waals surface area contributed by atoms with E-state index in [1.54, 1.807) is 13.0 Å². The van der Waals surface area contributed by atoms with E-state index in [4.69, 9.17) is 0 Å². The number of fused-ring (bicyclic) bond motifs is 1. The topological polar surface area (TPSA) is 49.4 Å². The highest BCUT2D eigenvalue weighted by molar-refractivity contribution is 7.12. The Balaban J connectivity index is 1.44. The molecular weight excluding hydrogens is 368 g/mol. The van der Waals surface area contributed by atoms with Crippen molar-refractivity contribution in [2.75, 3.05) is 13.1 Å². The lowest BCUT2D eigenvalue weighted by Gasteiger charge is -2.29. The number of hydrogen-bond donors (Lipinski definition) is 1. The van der Waals surface area contributed by atoms with Crippen LogP contribution in [0.2, 0.25) is 0 Å². The highest BCUT2D eigenvalue weighted by atomic mass is 32.1. The number of carbonyl (C=O) groups is 2. The molecule has 0 fully saturated rings. The largest absolute Gasteiger partial charge is 0.340 e. The van der Waals surface area contributed by atoms with E-state index in [0.29, 0.717) is 18.0 Å². The highest BCUT2D eigenvalue weighted by Crippen LogP contribution is 2.29. The summed E-state index contributed by atoms with van der Waals surface area (Å²) in [5.74, 6) is -0.238. The molecule has 4 rings (SSSR count). The summed E-state index contributed by atoms with van der Waals surface area (Å²) >= 11 is 1.37. The van der Waals surface area contributed by atoms with Gasteiger partial charge in [0.2, 0.25) is 5.91 Å². The molecule has 1 N–H and O–H groups in total. The number of thiophene rings is 1. The van der Waals surface area contributed by atoms with Crippen molar-refractivity contribution in [1.82, 2.24) is 10.2 Å². The molecule has 2 heterocycles. The molecule has 0 spiro atoms. The third-order valence-corrected chi connectivity index (χ3v) is 5.99. The number of hydrogen-bond acceptors (Lipinski definition) is 3. The lowest BCUT2D eigenvalue weighted by atomic mass is 9.94. The second kappa shape index (κ2) is 7.98. The highest BCUT2D eigenvalue weighted by Gasteiger charge is 2.24. The van der Waals surface area contributed by atoms with Gasteiger partial charge in [-0.1, -0.05) is 54.6 Å². The van der Waals surface area contributed by atoms with Crippen molar-refractivity contribution in [3.63, 3.8) is 0 Å². The minimum Gasteiger partial charge on any atom is -0.340 e. The van der Waals surface area contributed by atoms with Crippen LogP contribution in [-0.2, 0) is 4.79 Å². The molecule has 4 nitrogen and oxygen atoms in total. The second-order valence-corrected chi connectivity index (χ2v) is 7.91. The fourth-order valence-electron chi connectivity index (χ4n) is 3.63. The summed E-state index contributed by atoms with van der Waals surface area (Å²) in [4.78, 5) is 27.4. The van der Waals surface area contributed by atoms with Crippen LogP contribution in [0.15, 0.2) is 66.1 Å². The van der Waals surface area contributed by atoms with E-state index in [9.17, 15) is 9.59 Å². The Bertz CT molecular complexity index is 1030. The zero-order valence-electron chi connectivity index (χ0n) is 15.7. The quantitative estimate of drug-likeness (QED) is 0.721. The molecule has 5 heteroatoms. The molecule has 3 aromatic rings. The van der Waals surface area contributed by atoms with E-state index in [-0.39, 0.29) is 11.8 Å². The first kappa shape index (κ1) is 18.4. The van der Waals surface area contributed by atoms with Crippen LogP contribution in [0, 0.1) is 0 Å². The number of amides is 2. The van der Waals surface area contributed by atoms with Crippen LogP contribution in [-0.4, -0.2) is 35.8 Å². The van der Waals surface area contributed by atoms with Crippen molar-refractivity contribution in [1.29, 1.82) is 0 Å². The lowest BCUT2D eigenvalue weighted by molar-refractivity contribution is -0.132. The maximum absolute atomic E-state index is 12.7. The molecule has 0 saturated carbocycles. The van der Waals surface area contributed by atoms with Crippen molar-refractivity contribution in [3.8, 4) is 0 Å². The van der Waals surface area contributed by atoms with E-state index in [1.165, 1.54) is 33.2 Å². The number of nitrogens with zero attached hydrogens (tertiary/aromatic N) is 1. The first-order valence-corrected chi connectivity index (χ1v) is 10.3. The van der Waals surface area contributed by atoms with Crippen molar-refractivity contribution in [3.05, 3.63) is 76.5 Å². The fourth-order valence-corrected chi connectivity index (χ4v) is 4.26. The molecule has 1 atom stereocenters. The van der Waals surface area contributed by atoms with Crippen LogP contribution < -0.4 is 5.32 Å². The van der Waals surface area contributed by atoms with E-state index < -0.39 is 6.04 Å². The maximum Gasteiger partial charge on any atom is 0.261 e. The van der Waals surface area contributed by atoms with Crippen LogP contribution in [0.4, 0.5) is 0 Å². The zero-order chi connectivity index (χ0) is 19.5. The van der Waals surface area contributed by atoms with Crippen LogP contribution in [0.5, 0.6) is 0 Å². The Hall–Kier alpha value is -2.92. The predicted octanol–water partition coefficient (Wildman–Crippen LogP) is 4.34. The van der Waals surface area contributed by atoms with Gasteiger partial charge in [-0.25, -0.2) is 0 Å². The minimum absolute atomic E-state index is 0.0434. The standard InChI is InChI=1S/C23H22N2O2S/c1-16(24-22(26)21-10-5-15-28-21)23(27)25-13-11-18(12-14-25)20-9-4-7-17-6-2-3-8-19(17)20/h2-11,15-16H,12-14H2,1H3,(H,24,26)/t16-/m0/s1. The Morgan fingerprint density at radius 1 is 1.07 bits per heavy atom. The molecule has 1 aliphatic rings. The first-order chi connectivity index (χ1) is 13.6. The summed E-state index contributed by atoms with van der Waals surface area (Å²) in [5.41, 5.74) is 2.51. The summed E-state index contributed by atoms with van der Waals surface area (Å²) in [6, 6.07) is 17.8. The summed E-state index contributed by atoms with van der Waals surface area (Å²) < 4.78 is 0. The van der Waals surface area contributed by atoms with E-state index >= 15 is 0 Å². The monoisotopic (exact) mass is 390 g/mol. The van der Waals surface area contributed by atoms with Gasteiger partial charge in [0.05, 0.1) is 4.88 Å². The van der Waals surface area contributed by atoms with Crippen molar-refractivity contribution >= 4 is 39.5 Å². The molecule has 0 bridgehead atoms. The van der Waals surface area contributed by atoms with Crippen molar-refractivity contribution < 1.29 is 9.59 Å². The van der Waals surface area contributed by atoms with Crippen molar-refractivity contribution in [2.45, 2.75) is 19.4 Å². The van der Waals surface area contributed by atoms with Crippen LogP contribution >= 0.6 is 11.3 Å². The summed E-state index contributed by atoms with van der Waals surface area (Å²) in [5, 5.41) is 7.13. The summed E-state index contributed by atoms with van der Waals surface area (Å²) in [6.45, 7) is 2.97. The van der Waals surface area contributed by atoms with E-state index in [1.807, 2.05) is 22.4 Å². The summed E-state index contributed by atoms with van der Waals surface area (Å²) in [6.07, 6.45) is 2.95. The molecular formula is C23H22N2O2S. The molecule has 0 unspecified atom stereocenters. The van der Waals surface area contributed by atoms with Gasteiger partial charge >= 0.3 is 0 Å². The second-order valence-electron chi connectivity index (χ2n) is 6.96. The third kappa shape index (κ3) is 3.71. The lowest BCUT2D eigenvalue weighted by Crippen LogP contribution is -2.48. The Morgan fingerprint density at radius 2 is 1.89 bits per heavy atom. The Labute approximate surface area is 168 Å². The average Bonchev–Trinajstić information content (AvgIpc) is 3.28. The van der Waals surface area contributed by atoms with Crippen LogP contribution in [0.25, 0.3) is 16.3 Å². The molecule has 0 aliphatic carbocycles. The third-order valence-electron chi connectivity index (χ3n) is 5.12. The summed E-state index contributed by atoms with van der Waals surface area (Å²) in [7, 11) is 0. The van der Waals surface area contributed by atoms with E-state index in [0.717, 1.165) is 6.42 Å². The van der Waals surface area contributed by atoms with Gasteiger partial charge in [-0.3, -0.25) is 9.59 Å². The normalized spacial score (nSPS) is 15.2. The maximum atomic E-state index is 12.7. The molecule has 2 amide bonds. The van der Waals surface area contributed by atoms with Gasteiger partial charge in [-0.05, 0) is 46.7 Å². The minimum atomic E-state index is -0.540. The number of nitrogens with one attached hydrogen (secondary N) is 1. The van der Waals surface area contributed by atoms with Gasteiger partial charge in [0.15, 0.2) is 0 Å². The number of benzene rings is 2. The average molecular weight is 391 g/mol. The molecule has 0 saturated heterocycles. The van der Waals surface area contributed by atoms with Gasteiger partial charge in [0, 0.05) is 13.1 Å². The molecule has 1 aromatic heterocycles. The van der Waals surface area contributed by atoms with E-state index in [2.05, 4.69) is 47.8 Å². The molecule has 1 aliphatic heterocycles. The van der Waals surface area contributed by atoms with Crippen molar-refractivity contribution in [2.24, 2.45) is 0 Å². The Morgan fingerprint density at radius 3 is 2.64 bits per heavy atom. The van der Waals surface area contributed by atoms with Crippen LogP contribution in [0.1, 0.15) is 28.6 Å². The molecule has 0 radical (unpaired) electrons. The van der Waals surface area contributed by atoms with Gasteiger partial charge in [0.25, 0.3) is 5.91 Å². The molecule has 2 aromatic carbocycles. The zero-order valence-corrected chi connectivity index (χ0v) is 16.5. The van der Waals surface area contributed by atoms with Gasteiger partial charge < -0.3 is 10.2 Å². The fraction of sp³-hybridized carbons (Fsp3) is 0.217. The SMILES string of the molecule is C[C@H](NC(=O)c1cccs1)C(=O)N1CC=C(c2cccc3ccccc23)CC1. The van der Waals surface area contributed by atoms with Gasteiger partial charge in [-0.15, -0.1) is 11.3 Å². The van der Waals surface area contributed by atoms with Gasteiger partial charge in [0.1, 0.15) is 6.04 Å². The Kier molecular flexibility index (Phi) is 5.26. The predicted molar refractivity (Wildman–Crippen MR) is 114 cm³/mol. The van der Waals surface area contributed by atoms with Crippen LogP contribution in [0.3, 0.4) is 0 Å². The first-order valence-electron chi connectivity index (χ1n) is 9.44. The number of carbonyl (C=O) groups excluding carboxylic acids is 2. The molecule has 28 heavy (non-hydrogen) atoms. The molecule has 142 valence electrons.